The van der Waals surface area contributed by atoms with Gasteiger partial charge in [0.15, 0.2) is 0 Å². The second-order valence-corrected chi connectivity index (χ2v) is 2.87. The molecule has 2 heteroatoms. The summed E-state index contributed by atoms with van der Waals surface area (Å²) in [6.45, 7) is 3.45. The number of nitrogens with one attached hydrogen (secondary N) is 2. The first-order valence-corrected chi connectivity index (χ1v) is 3.73. The van der Waals surface area contributed by atoms with Crippen molar-refractivity contribution in [3.8, 4) is 0 Å². The normalized spacial score (nSPS) is 29.3. The molecule has 1 aliphatic rings. The molecule has 0 bridgehead atoms. The van der Waals surface area contributed by atoms with Gasteiger partial charge in [0.2, 0.25) is 0 Å². The van der Waals surface area contributed by atoms with Gasteiger partial charge < -0.3 is 10.6 Å². The van der Waals surface area contributed by atoms with Crippen molar-refractivity contribution in [2.24, 2.45) is 0 Å². The Morgan fingerprint density at radius 3 is 2.78 bits per heavy atom. The highest BCUT2D eigenvalue weighted by Crippen LogP contribution is 2.08. The Hall–Kier alpha value is -0.0800. The highest BCUT2D eigenvalue weighted by Gasteiger charge is 2.17. The van der Waals surface area contributed by atoms with Crippen molar-refractivity contribution in [2.75, 3.05) is 13.6 Å². The molecule has 9 heavy (non-hydrogen) atoms. The first kappa shape index (κ1) is 7.03. The summed E-state index contributed by atoms with van der Waals surface area (Å²) < 4.78 is 0. The lowest BCUT2D eigenvalue weighted by Crippen LogP contribution is -2.46. The van der Waals surface area contributed by atoms with Crippen LogP contribution in [0.2, 0.25) is 0 Å². The van der Waals surface area contributed by atoms with Gasteiger partial charge in [-0.3, -0.25) is 0 Å². The summed E-state index contributed by atoms with van der Waals surface area (Å²) in [5.74, 6) is 0. The van der Waals surface area contributed by atoms with Gasteiger partial charge in [-0.05, 0) is 33.4 Å². The number of rotatable bonds is 3. The Balaban J connectivity index is 2.01. The summed E-state index contributed by atoms with van der Waals surface area (Å²) in [6, 6.07) is 1.47. The zero-order valence-corrected chi connectivity index (χ0v) is 6.28. The van der Waals surface area contributed by atoms with Crippen molar-refractivity contribution in [2.45, 2.75) is 31.8 Å². The summed E-state index contributed by atoms with van der Waals surface area (Å²) in [4.78, 5) is 0. The maximum absolute atomic E-state index is 3.37. The van der Waals surface area contributed by atoms with Crippen LogP contribution in [0, 0.1) is 0 Å². The van der Waals surface area contributed by atoms with E-state index in [1.54, 1.807) is 0 Å². The van der Waals surface area contributed by atoms with E-state index >= 15 is 0 Å². The van der Waals surface area contributed by atoms with Gasteiger partial charge in [0, 0.05) is 12.1 Å². The maximum Gasteiger partial charge on any atom is 0.00938 e. The Bertz CT molecular complexity index is 76.2. The lowest BCUT2D eigenvalue weighted by Gasteiger charge is -2.29. The van der Waals surface area contributed by atoms with E-state index < -0.39 is 0 Å². The molecule has 0 aromatic heterocycles. The van der Waals surface area contributed by atoms with Crippen molar-refractivity contribution in [3.05, 3.63) is 0 Å². The van der Waals surface area contributed by atoms with E-state index in [0.29, 0.717) is 6.04 Å². The predicted molar refractivity (Wildman–Crippen MR) is 39.5 cm³/mol. The van der Waals surface area contributed by atoms with Crippen molar-refractivity contribution < 1.29 is 0 Å². The fraction of sp³-hybridized carbons (Fsp3) is 1.00. The Morgan fingerprint density at radius 1 is 1.78 bits per heavy atom. The van der Waals surface area contributed by atoms with Crippen molar-refractivity contribution in [1.29, 1.82) is 0 Å². The van der Waals surface area contributed by atoms with Crippen LogP contribution in [0.3, 0.4) is 0 Å². The molecule has 0 radical (unpaired) electrons. The molecule has 2 unspecified atom stereocenters. The number of hydrogen-bond acceptors (Lipinski definition) is 2. The highest BCUT2D eigenvalue weighted by atomic mass is 15.0. The first-order chi connectivity index (χ1) is 4.33. The number of hydrogen-bond donors (Lipinski definition) is 2. The molecule has 1 saturated heterocycles. The summed E-state index contributed by atoms with van der Waals surface area (Å²) in [5.41, 5.74) is 0. The first-order valence-electron chi connectivity index (χ1n) is 3.73. The van der Waals surface area contributed by atoms with Crippen LogP contribution in [0.5, 0.6) is 0 Å². The SMILES string of the molecule is CNC(C)CC1CCN1. The molecule has 2 N–H and O–H groups in total. The molecule has 1 heterocycles. The zero-order chi connectivity index (χ0) is 6.69. The quantitative estimate of drug-likeness (QED) is 0.573. The Morgan fingerprint density at radius 2 is 2.44 bits per heavy atom. The van der Waals surface area contributed by atoms with Gasteiger partial charge in [0.05, 0.1) is 0 Å². The second-order valence-electron chi connectivity index (χ2n) is 2.87. The van der Waals surface area contributed by atoms with Gasteiger partial charge in [0.1, 0.15) is 0 Å². The van der Waals surface area contributed by atoms with E-state index in [-0.39, 0.29) is 0 Å². The minimum absolute atomic E-state index is 0.669. The van der Waals surface area contributed by atoms with Crippen molar-refractivity contribution >= 4 is 0 Å². The third-order valence-corrected chi connectivity index (χ3v) is 2.06. The fourth-order valence-electron chi connectivity index (χ4n) is 1.09. The van der Waals surface area contributed by atoms with Crippen LogP contribution >= 0.6 is 0 Å². The summed E-state index contributed by atoms with van der Waals surface area (Å²) >= 11 is 0. The lowest BCUT2D eigenvalue weighted by molar-refractivity contribution is 0.321. The predicted octanol–water partition coefficient (Wildman–Crippen LogP) is 0.346. The molecular weight excluding hydrogens is 112 g/mol. The van der Waals surface area contributed by atoms with Gasteiger partial charge in [-0.15, -0.1) is 0 Å². The fourth-order valence-corrected chi connectivity index (χ4v) is 1.09. The van der Waals surface area contributed by atoms with E-state index in [9.17, 15) is 0 Å². The van der Waals surface area contributed by atoms with Crippen LogP contribution in [-0.4, -0.2) is 25.7 Å². The van der Waals surface area contributed by atoms with Gasteiger partial charge in [0.25, 0.3) is 0 Å². The average molecular weight is 128 g/mol. The van der Waals surface area contributed by atoms with E-state index in [0.717, 1.165) is 6.04 Å². The molecule has 0 aliphatic carbocycles. The zero-order valence-electron chi connectivity index (χ0n) is 6.28. The molecule has 1 aliphatic heterocycles. The molecule has 0 aromatic rings. The van der Waals surface area contributed by atoms with Gasteiger partial charge in [-0.2, -0.15) is 0 Å². The van der Waals surface area contributed by atoms with Crippen LogP contribution in [0.25, 0.3) is 0 Å². The third kappa shape index (κ3) is 1.95. The summed E-state index contributed by atoms with van der Waals surface area (Å²) in [7, 11) is 2.02. The Kier molecular flexibility index (Phi) is 2.49. The van der Waals surface area contributed by atoms with Crippen molar-refractivity contribution in [3.63, 3.8) is 0 Å². The maximum atomic E-state index is 3.37. The van der Waals surface area contributed by atoms with Gasteiger partial charge in [-0.25, -0.2) is 0 Å². The highest BCUT2D eigenvalue weighted by molar-refractivity contribution is 4.80. The minimum atomic E-state index is 0.669. The van der Waals surface area contributed by atoms with Crippen LogP contribution in [-0.2, 0) is 0 Å². The van der Waals surface area contributed by atoms with E-state index in [1.807, 2.05) is 7.05 Å². The van der Waals surface area contributed by atoms with Crippen LogP contribution in [0.1, 0.15) is 19.8 Å². The lowest BCUT2D eigenvalue weighted by atomic mass is 10.00. The Labute approximate surface area is 57.0 Å². The van der Waals surface area contributed by atoms with Crippen LogP contribution < -0.4 is 10.6 Å². The molecular formula is C7H16N2. The molecule has 54 valence electrons. The third-order valence-electron chi connectivity index (χ3n) is 2.06. The van der Waals surface area contributed by atoms with E-state index in [2.05, 4.69) is 17.6 Å². The molecule has 2 atom stereocenters. The largest absolute Gasteiger partial charge is 0.317 e. The van der Waals surface area contributed by atoms with Gasteiger partial charge in [-0.1, -0.05) is 0 Å². The van der Waals surface area contributed by atoms with Crippen LogP contribution in [0.15, 0.2) is 0 Å². The molecule has 1 fully saturated rings. The summed E-state index contributed by atoms with van der Waals surface area (Å²) in [5, 5.41) is 6.59. The monoisotopic (exact) mass is 128 g/mol. The average Bonchev–Trinajstić information content (AvgIpc) is 1.78. The molecule has 1 rings (SSSR count). The minimum Gasteiger partial charge on any atom is -0.317 e. The summed E-state index contributed by atoms with van der Waals surface area (Å²) in [6.07, 6.45) is 2.64. The second kappa shape index (κ2) is 3.18. The topological polar surface area (TPSA) is 24.1 Å². The van der Waals surface area contributed by atoms with E-state index in [1.165, 1.54) is 19.4 Å². The molecule has 0 aromatic carbocycles. The molecule has 0 amide bonds. The van der Waals surface area contributed by atoms with E-state index in [4.69, 9.17) is 0 Å². The smallest absolute Gasteiger partial charge is 0.00938 e. The van der Waals surface area contributed by atoms with Crippen molar-refractivity contribution in [1.82, 2.24) is 10.6 Å². The molecule has 2 nitrogen and oxygen atoms in total. The molecule has 0 spiro atoms. The van der Waals surface area contributed by atoms with Gasteiger partial charge >= 0.3 is 0 Å². The standard InChI is InChI=1S/C7H16N2/c1-6(8-2)5-7-3-4-9-7/h6-9H,3-5H2,1-2H3. The van der Waals surface area contributed by atoms with Crippen LogP contribution in [0.4, 0.5) is 0 Å². The molecule has 0 saturated carbocycles.